The number of carbonyl (C=O) groups excluding carboxylic acids is 1. The standard InChI is InChI=1S/C7H4FIO/c8-6-3-1-5(2-4-6)7(9)10/h1-4H. The minimum atomic E-state index is -0.318. The van der Waals surface area contributed by atoms with Crippen molar-refractivity contribution in [1.29, 1.82) is 0 Å². The van der Waals surface area contributed by atoms with E-state index in [4.69, 9.17) is 0 Å². The summed E-state index contributed by atoms with van der Waals surface area (Å²) in [5.74, 6) is -0.318. The van der Waals surface area contributed by atoms with Crippen molar-refractivity contribution in [2.75, 3.05) is 0 Å². The number of benzene rings is 1. The van der Waals surface area contributed by atoms with Crippen LogP contribution in [0.5, 0.6) is 0 Å². The molecule has 1 rings (SSSR count). The van der Waals surface area contributed by atoms with Gasteiger partial charge < -0.3 is 0 Å². The van der Waals surface area contributed by atoms with Crippen molar-refractivity contribution in [3.63, 3.8) is 0 Å². The molecule has 0 saturated carbocycles. The van der Waals surface area contributed by atoms with Crippen LogP contribution in [0.4, 0.5) is 4.39 Å². The Morgan fingerprint density at radius 1 is 1.30 bits per heavy atom. The molecule has 52 valence electrons. The molecular weight excluding hydrogens is 246 g/mol. The summed E-state index contributed by atoms with van der Waals surface area (Å²) in [5, 5.41) is 0. The topological polar surface area (TPSA) is 17.1 Å². The molecule has 0 heterocycles. The van der Waals surface area contributed by atoms with E-state index in [2.05, 4.69) is 0 Å². The first-order valence-electron chi connectivity index (χ1n) is 2.65. The van der Waals surface area contributed by atoms with Crippen molar-refractivity contribution in [2.24, 2.45) is 0 Å². The maximum atomic E-state index is 12.2. The minimum absolute atomic E-state index is 0.0717. The van der Waals surface area contributed by atoms with Crippen LogP contribution in [0, 0.1) is 5.82 Å². The lowest BCUT2D eigenvalue weighted by Gasteiger charge is -1.90. The summed E-state index contributed by atoms with van der Waals surface area (Å²) >= 11 is 1.66. The first kappa shape index (κ1) is 7.65. The summed E-state index contributed by atoms with van der Waals surface area (Å²) in [6.45, 7) is 0. The fraction of sp³-hybridized carbons (Fsp3) is 0. The maximum Gasteiger partial charge on any atom is 0.222 e. The molecule has 1 aromatic rings. The maximum absolute atomic E-state index is 12.2. The summed E-state index contributed by atoms with van der Waals surface area (Å²) in [4.78, 5) is 10.6. The fourth-order valence-electron chi connectivity index (χ4n) is 0.581. The predicted octanol–water partition coefficient (Wildman–Crippen LogP) is 2.40. The Kier molecular flexibility index (Phi) is 2.37. The summed E-state index contributed by atoms with van der Waals surface area (Å²) < 4.78 is 12.2. The third-order valence-electron chi connectivity index (χ3n) is 1.07. The Morgan fingerprint density at radius 2 is 1.80 bits per heavy atom. The third-order valence-corrected chi connectivity index (χ3v) is 1.69. The van der Waals surface area contributed by atoms with Crippen molar-refractivity contribution in [2.45, 2.75) is 0 Å². The highest BCUT2D eigenvalue weighted by Crippen LogP contribution is 2.06. The van der Waals surface area contributed by atoms with Crippen LogP contribution in [-0.2, 0) is 0 Å². The van der Waals surface area contributed by atoms with E-state index < -0.39 is 0 Å². The molecule has 0 atom stereocenters. The SMILES string of the molecule is O=C(I)c1ccc(F)cc1. The van der Waals surface area contributed by atoms with Crippen LogP contribution >= 0.6 is 22.6 Å². The molecule has 0 saturated heterocycles. The Morgan fingerprint density at radius 3 is 2.20 bits per heavy atom. The Balaban J connectivity index is 3.00. The smallest absolute Gasteiger partial charge is 0.222 e. The zero-order valence-corrected chi connectivity index (χ0v) is 7.13. The Hall–Kier alpha value is -0.450. The van der Waals surface area contributed by atoms with Gasteiger partial charge in [0, 0.05) is 28.2 Å². The molecule has 3 heteroatoms. The first-order chi connectivity index (χ1) is 4.70. The van der Waals surface area contributed by atoms with E-state index in [1.54, 1.807) is 22.6 Å². The number of carbonyl (C=O) groups is 1. The number of hydrogen-bond acceptors (Lipinski definition) is 1. The van der Waals surface area contributed by atoms with Gasteiger partial charge in [-0.25, -0.2) is 4.39 Å². The quantitative estimate of drug-likeness (QED) is 0.552. The minimum Gasteiger partial charge on any atom is -0.282 e. The molecule has 0 aliphatic carbocycles. The summed E-state index contributed by atoms with van der Waals surface area (Å²) in [6, 6.07) is 5.46. The predicted molar refractivity (Wildman–Crippen MR) is 44.8 cm³/mol. The first-order valence-corrected chi connectivity index (χ1v) is 3.73. The van der Waals surface area contributed by atoms with Crippen molar-refractivity contribution >= 4 is 26.4 Å². The molecular formula is C7H4FIO. The van der Waals surface area contributed by atoms with E-state index in [0.717, 1.165) is 0 Å². The highest BCUT2D eigenvalue weighted by Gasteiger charge is 1.98. The zero-order chi connectivity index (χ0) is 7.56. The molecule has 1 aromatic carbocycles. The largest absolute Gasteiger partial charge is 0.282 e. The molecule has 0 bridgehead atoms. The van der Waals surface area contributed by atoms with Crippen LogP contribution in [0.25, 0.3) is 0 Å². The van der Waals surface area contributed by atoms with Crippen molar-refractivity contribution in [3.8, 4) is 0 Å². The second kappa shape index (κ2) is 3.09. The van der Waals surface area contributed by atoms with E-state index >= 15 is 0 Å². The van der Waals surface area contributed by atoms with Gasteiger partial charge in [-0.05, 0) is 24.3 Å². The summed E-state index contributed by atoms with van der Waals surface area (Å²) in [7, 11) is 0. The molecule has 0 aliphatic heterocycles. The highest BCUT2D eigenvalue weighted by atomic mass is 127. The second-order valence-corrected chi connectivity index (χ2v) is 2.76. The van der Waals surface area contributed by atoms with E-state index in [9.17, 15) is 9.18 Å². The van der Waals surface area contributed by atoms with Gasteiger partial charge in [-0.15, -0.1) is 0 Å². The van der Waals surface area contributed by atoms with E-state index in [1.165, 1.54) is 24.3 Å². The zero-order valence-electron chi connectivity index (χ0n) is 4.97. The van der Waals surface area contributed by atoms with E-state index in [0.29, 0.717) is 5.56 Å². The van der Waals surface area contributed by atoms with E-state index in [-0.39, 0.29) is 9.61 Å². The highest BCUT2D eigenvalue weighted by molar-refractivity contribution is 14.1. The Labute approximate surface area is 71.4 Å². The third kappa shape index (κ3) is 1.76. The number of rotatable bonds is 1. The van der Waals surface area contributed by atoms with Gasteiger partial charge in [0.1, 0.15) is 5.82 Å². The van der Waals surface area contributed by atoms with Gasteiger partial charge in [0.2, 0.25) is 3.79 Å². The molecule has 1 nitrogen and oxygen atoms in total. The van der Waals surface area contributed by atoms with Crippen LogP contribution in [0.2, 0.25) is 0 Å². The lowest BCUT2D eigenvalue weighted by Crippen LogP contribution is -1.86. The van der Waals surface area contributed by atoms with Crippen LogP contribution < -0.4 is 0 Å². The Bertz CT molecular complexity index is 242. The molecule has 0 radical (unpaired) electrons. The molecule has 0 fully saturated rings. The van der Waals surface area contributed by atoms with Gasteiger partial charge >= 0.3 is 0 Å². The summed E-state index contributed by atoms with van der Waals surface area (Å²) in [5.41, 5.74) is 0.530. The van der Waals surface area contributed by atoms with Crippen LogP contribution in [0.15, 0.2) is 24.3 Å². The fourth-order valence-corrected chi connectivity index (χ4v) is 0.941. The normalized spacial score (nSPS) is 9.40. The van der Waals surface area contributed by atoms with Crippen LogP contribution in [0.3, 0.4) is 0 Å². The van der Waals surface area contributed by atoms with Gasteiger partial charge in [-0.2, -0.15) is 0 Å². The molecule has 0 aliphatic rings. The van der Waals surface area contributed by atoms with Gasteiger partial charge in [0.05, 0.1) is 0 Å². The molecule has 0 amide bonds. The van der Waals surface area contributed by atoms with Gasteiger partial charge in [0.25, 0.3) is 0 Å². The lowest BCUT2D eigenvalue weighted by atomic mass is 10.2. The average Bonchev–Trinajstić information content (AvgIpc) is 1.88. The molecule has 10 heavy (non-hydrogen) atoms. The number of halogens is 2. The van der Waals surface area contributed by atoms with Crippen molar-refractivity contribution in [3.05, 3.63) is 35.6 Å². The molecule has 0 spiro atoms. The molecule has 0 N–H and O–H groups in total. The van der Waals surface area contributed by atoms with Gasteiger partial charge in [0.15, 0.2) is 0 Å². The summed E-state index contributed by atoms with van der Waals surface area (Å²) in [6.07, 6.45) is 0. The monoisotopic (exact) mass is 250 g/mol. The lowest BCUT2D eigenvalue weighted by molar-refractivity contribution is 0.110. The van der Waals surface area contributed by atoms with Crippen molar-refractivity contribution < 1.29 is 9.18 Å². The average molecular weight is 250 g/mol. The van der Waals surface area contributed by atoms with Crippen molar-refractivity contribution in [1.82, 2.24) is 0 Å². The molecule has 0 aromatic heterocycles. The van der Waals surface area contributed by atoms with Crippen LogP contribution in [-0.4, -0.2) is 3.79 Å². The van der Waals surface area contributed by atoms with Gasteiger partial charge in [-0.3, -0.25) is 4.79 Å². The second-order valence-electron chi connectivity index (χ2n) is 1.78. The van der Waals surface area contributed by atoms with Gasteiger partial charge in [-0.1, -0.05) is 0 Å². The molecule has 0 unspecified atom stereocenters. The number of hydrogen-bond donors (Lipinski definition) is 0. The van der Waals surface area contributed by atoms with E-state index in [1.807, 2.05) is 0 Å². The van der Waals surface area contributed by atoms with Crippen LogP contribution in [0.1, 0.15) is 10.4 Å².